The third-order valence-electron chi connectivity index (χ3n) is 3.74. The molecular weight excluding hydrogens is 318 g/mol. The topological polar surface area (TPSA) is 84.7 Å². The number of hydrogen-bond acceptors (Lipinski definition) is 4. The molecular formula is C16H24ClN3O3. The number of amides is 2. The molecule has 0 aliphatic carbocycles. The van der Waals surface area contributed by atoms with Gasteiger partial charge in [-0.1, -0.05) is 30.3 Å². The van der Waals surface area contributed by atoms with Crippen molar-refractivity contribution in [2.24, 2.45) is 5.73 Å². The average molecular weight is 342 g/mol. The fourth-order valence-corrected chi connectivity index (χ4v) is 2.45. The van der Waals surface area contributed by atoms with Gasteiger partial charge >= 0.3 is 0 Å². The number of nitrogens with zero attached hydrogens (tertiary/aromatic N) is 1. The van der Waals surface area contributed by atoms with Gasteiger partial charge in [0, 0.05) is 20.1 Å². The van der Waals surface area contributed by atoms with Gasteiger partial charge in [0.05, 0.1) is 12.6 Å². The predicted molar refractivity (Wildman–Crippen MR) is 90.1 cm³/mol. The second-order valence-electron chi connectivity index (χ2n) is 5.52. The maximum absolute atomic E-state index is 12.2. The second kappa shape index (κ2) is 9.50. The van der Waals surface area contributed by atoms with Crippen molar-refractivity contribution >= 4 is 24.2 Å². The maximum Gasteiger partial charge on any atom is 0.251 e. The number of hydrogen-bond donors (Lipinski definition) is 2. The van der Waals surface area contributed by atoms with Gasteiger partial charge in [-0.2, -0.15) is 0 Å². The van der Waals surface area contributed by atoms with Gasteiger partial charge in [-0.05, 0) is 18.4 Å². The van der Waals surface area contributed by atoms with E-state index in [1.165, 1.54) is 4.90 Å². The van der Waals surface area contributed by atoms with E-state index in [4.69, 9.17) is 10.5 Å². The zero-order valence-corrected chi connectivity index (χ0v) is 14.1. The molecule has 3 N–H and O–H groups in total. The maximum atomic E-state index is 12.2. The molecule has 1 aromatic carbocycles. The van der Waals surface area contributed by atoms with E-state index in [1.807, 2.05) is 30.3 Å². The molecule has 1 aliphatic heterocycles. The van der Waals surface area contributed by atoms with Crippen LogP contribution < -0.4 is 11.1 Å². The first-order valence-electron chi connectivity index (χ1n) is 7.51. The highest BCUT2D eigenvalue weighted by atomic mass is 35.5. The fraction of sp³-hybridized carbons (Fsp3) is 0.500. The van der Waals surface area contributed by atoms with E-state index < -0.39 is 6.10 Å². The lowest BCUT2D eigenvalue weighted by Crippen LogP contribution is -2.42. The van der Waals surface area contributed by atoms with E-state index in [0.29, 0.717) is 19.5 Å². The highest BCUT2D eigenvalue weighted by Gasteiger charge is 2.32. The number of nitrogens with two attached hydrogens (primary N) is 1. The molecule has 0 saturated carbocycles. The molecule has 0 unspecified atom stereocenters. The van der Waals surface area contributed by atoms with Crippen LogP contribution in [0.3, 0.4) is 0 Å². The van der Waals surface area contributed by atoms with Crippen molar-refractivity contribution in [3.63, 3.8) is 0 Å². The molecule has 0 aromatic heterocycles. The lowest BCUT2D eigenvalue weighted by Gasteiger charge is -2.20. The Bertz CT molecular complexity index is 513. The molecule has 0 radical (unpaired) electrons. The number of likely N-dealkylation sites (N-methyl/N-ethyl adjacent to an activating group) is 1. The summed E-state index contributed by atoms with van der Waals surface area (Å²) >= 11 is 0. The molecule has 0 bridgehead atoms. The van der Waals surface area contributed by atoms with Crippen LogP contribution in [0.2, 0.25) is 0 Å². The second-order valence-corrected chi connectivity index (χ2v) is 5.52. The average Bonchev–Trinajstić information content (AvgIpc) is 3.02. The minimum Gasteiger partial charge on any atom is -0.364 e. The Hall–Kier alpha value is -1.63. The van der Waals surface area contributed by atoms with E-state index >= 15 is 0 Å². The Labute approximate surface area is 142 Å². The Morgan fingerprint density at radius 1 is 1.30 bits per heavy atom. The summed E-state index contributed by atoms with van der Waals surface area (Å²) in [6.45, 7) is 0.904. The monoisotopic (exact) mass is 341 g/mol. The van der Waals surface area contributed by atoms with Gasteiger partial charge in [-0.15, -0.1) is 12.4 Å². The Kier molecular flexibility index (Phi) is 8.02. The third kappa shape index (κ3) is 5.82. The summed E-state index contributed by atoms with van der Waals surface area (Å²) in [5.41, 5.74) is 6.56. The molecule has 2 rings (SSSR count). The quantitative estimate of drug-likeness (QED) is 0.797. The van der Waals surface area contributed by atoms with Gasteiger partial charge in [0.25, 0.3) is 5.91 Å². The Balaban J connectivity index is 0.00000264. The number of halogens is 1. The summed E-state index contributed by atoms with van der Waals surface area (Å²) < 4.78 is 5.56. The number of nitrogens with one attached hydrogen (secondary N) is 1. The van der Waals surface area contributed by atoms with Crippen LogP contribution in [0, 0.1) is 0 Å². The molecule has 0 spiro atoms. The molecule has 7 heteroatoms. The van der Waals surface area contributed by atoms with Crippen molar-refractivity contribution in [3.05, 3.63) is 35.9 Å². The first-order valence-corrected chi connectivity index (χ1v) is 7.51. The number of carbonyl (C=O) groups excluding carboxylic acids is 2. The van der Waals surface area contributed by atoms with E-state index in [-0.39, 0.29) is 36.9 Å². The van der Waals surface area contributed by atoms with Gasteiger partial charge in [-0.25, -0.2) is 0 Å². The largest absolute Gasteiger partial charge is 0.364 e. The van der Waals surface area contributed by atoms with Crippen LogP contribution >= 0.6 is 12.4 Å². The standard InChI is InChI=1S/C16H23N3O3.ClH/c1-19(16(21)14-8-7-13(9-17)22-14)11-15(20)18-10-12-5-3-2-4-6-12;/h2-6,13-14H,7-11,17H2,1H3,(H,18,20);1H/t13-,14+;/m1./s1. The minimum atomic E-state index is -0.472. The number of rotatable bonds is 6. The lowest BCUT2D eigenvalue weighted by atomic mass is 10.2. The normalized spacial score (nSPS) is 19.7. The first kappa shape index (κ1) is 19.4. The highest BCUT2D eigenvalue weighted by Crippen LogP contribution is 2.20. The summed E-state index contributed by atoms with van der Waals surface area (Å²) in [6, 6.07) is 9.64. The van der Waals surface area contributed by atoms with Crippen molar-refractivity contribution in [1.29, 1.82) is 0 Å². The van der Waals surface area contributed by atoms with Gasteiger partial charge < -0.3 is 20.7 Å². The van der Waals surface area contributed by atoms with E-state index in [2.05, 4.69) is 5.32 Å². The van der Waals surface area contributed by atoms with E-state index in [1.54, 1.807) is 7.05 Å². The van der Waals surface area contributed by atoms with Crippen molar-refractivity contribution in [2.75, 3.05) is 20.1 Å². The molecule has 2 atom stereocenters. The molecule has 2 amide bonds. The van der Waals surface area contributed by atoms with Crippen molar-refractivity contribution in [1.82, 2.24) is 10.2 Å². The van der Waals surface area contributed by atoms with Crippen molar-refractivity contribution in [2.45, 2.75) is 31.6 Å². The zero-order valence-electron chi connectivity index (χ0n) is 13.2. The molecule has 23 heavy (non-hydrogen) atoms. The molecule has 1 saturated heterocycles. The predicted octanol–water partition coefficient (Wildman–Crippen LogP) is 0.689. The van der Waals surface area contributed by atoms with Gasteiger partial charge in [-0.3, -0.25) is 9.59 Å². The number of benzene rings is 1. The van der Waals surface area contributed by atoms with E-state index in [0.717, 1.165) is 12.0 Å². The Morgan fingerprint density at radius 3 is 2.61 bits per heavy atom. The molecule has 1 heterocycles. The van der Waals surface area contributed by atoms with Gasteiger partial charge in [0.1, 0.15) is 6.10 Å². The van der Waals surface area contributed by atoms with Gasteiger partial charge in [0.15, 0.2) is 0 Å². The lowest BCUT2D eigenvalue weighted by molar-refractivity contribution is -0.144. The highest BCUT2D eigenvalue weighted by molar-refractivity contribution is 5.87. The van der Waals surface area contributed by atoms with Crippen LogP contribution in [-0.4, -0.2) is 49.1 Å². The van der Waals surface area contributed by atoms with Crippen LogP contribution in [0.5, 0.6) is 0 Å². The summed E-state index contributed by atoms with van der Waals surface area (Å²) in [5, 5.41) is 2.80. The molecule has 1 fully saturated rings. The van der Waals surface area contributed by atoms with Crippen molar-refractivity contribution < 1.29 is 14.3 Å². The molecule has 1 aromatic rings. The first-order chi connectivity index (χ1) is 10.6. The summed E-state index contributed by atoms with van der Waals surface area (Å²) in [7, 11) is 1.61. The smallest absolute Gasteiger partial charge is 0.251 e. The van der Waals surface area contributed by atoms with Crippen LogP contribution in [0.4, 0.5) is 0 Å². The number of ether oxygens (including phenoxy) is 1. The molecule has 1 aliphatic rings. The van der Waals surface area contributed by atoms with Crippen LogP contribution in [0.25, 0.3) is 0 Å². The zero-order chi connectivity index (χ0) is 15.9. The van der Waals surface area contributed by atoms with Crippen LogP contribution in [0.1, 0.15) is 18.4 Å². The minimum absolute atomic E-state index is 0. The SMILES string of the molecule is CN(CC(=O)NCc1ccccc1)C(=O)[C@@H]1CC[C@H](CN)O1.Cl. The number of carbonyl (C=O) groups is 2. The molecule has 6 nitrogen and oxygen atoms in total. The van der Waals surface area contributed by atoms with Gasteiger partial charge in [0.2, 0.25) is 5.91 Å². The van der Waals surface area contributed by atoms with E-state index in [9.17, 15) is 9.59 Å². The van der Waals surface area contributed by atoms with Crippen LogP contribution in [-0.2, 0) is 20.9 Å². The summed E-state index contributed by atoms with van der Waals surface area (Å²) in [5.74, 6) is -0.348. The van der Waals surface area contributed by atoms with Crippen LogP contribution in [0.15, 0.2) is 30.3 Å². The summed E-state index contributed by atoms with van der Waals surface area (Å²) in [4.78, 5) is 25.5. The third-order valence-corrected chi connectivity index (χ3v) is 3.74. The summed E-state index contributed by atoms with van der Waals surface area (Å²) in [6.07, 6.45) is 0.937. The Morgan fingerprint density at radius 2 is 2.00 bits per heavy atom. The van der Waals surface area contributed by atoms with Crippen molar-refractivity contribution in [3.8, 4) is 0 Å². The fourth-order valence-electron chi connectivity index (χ4n) is 2.45. The molecule has 128 valence electrons.